The lowest BCUT2D eigenvalue weighted by molar-refractivity contribution is -0.138. The first-order chi connectivity index (χ1) is 18.4. The molecule has 8 heteroatoms. The van der Waals surface area contributed by atoms with Crippen LogP contribution in [-0.4, -0.2) is 61.9 Å². The zero-order valence-electron chi connectivity index (χ0n) is 23.0. The predicted molar refractivity (Wildman–Crippen MR) is 151 cm³/mol. The molecule has 1 saturated heterocycles. The number of aryl methyl sites for hydroxylation is 3. The van der Waals surface area contributed by atoms with Gasteiger partial charge in [-0.25, -0.2) is 0 Å². The Morgan fingerprint density at radius 1 is 1.08 bits per heavy atom. The zero-order chi connectivity index (χ0) is 27.1. The summed E-state index contributed by atoms with van der Waals surface area (Å²) in [6.07, 6.45) is 8.27. The number of aromatic nitrogens is 1. The van der Waals surface area contributed by atoms with Gasteiger partial charge >= 0.3 is 0 Å². The summed E-state index contributed by atoms with van der Waals surface area (Å²) in [6.45, 7) is 3.37. The van der Waals surface area contributed by atoms with Gasteiger partial charge in [0, 0.05) is 70.9 Å². The van der Waals surface area contributed by atoms with Gasteiger partial charge in [0.05, 0.1) is 5.92 Å². The van der Waals surface area contributed by atoms with Crippen LogP contribution in [0.1, 0.15) is 60.3 Å². The number of nitrogens with zero attached hydrogens (tertiary/aromatic N) is 2. The lowest BCUT2D eigenvalue weighted by Gasteiger charge is -2.36. The number of rotatable bonds is 13. The van der Waals surface area contributed by atoms with E-state index in [4.69, 9.17) is 21.1 Å². The van der Waals surface area contributed by atoms with Crippen molar-refractivity contribution in [2.45, 2.75) is 63.5 Å². The van der Waals surface area contributed by atoms with Crippen LogP contribution in [0.25, 0.3) is 0 Å². The number of amides is 1. The van der Waals surface area contributed by atoms with E-state index in [0.29, 0.717) is 26.3 Å². The van der Waals surface area contributed by atoms with Gasteiger partial charge in [0.25, 0.3) is 5.56 Å². The summed E-state index contributed by atoms with van der Waals surface area (Å²) in [4.78, 5) is 28.6. The fourth-order valence-electron chi connectivity index (χ4n) is 5.57. The smallest absolute Gasteiger partial charge is 0.250 e. The van der Waals surface area contributed by atoms with Gasteiger partial charge in [-0.3, -0.25) is 9.59 Å². The molecule has 1 amide bonds. The van der Waals surface area contributed by atoms with Crippen molar-refractivity contribution in [2.75, 3.05) is 40.5 Å². The number of benzene rings is 1. The molecule has 1 aromatic carbocycles. The van der Waals surface area contributed by atoms with E-state index in [-0.39, 0.29) is 29.3 Å². The second-order valence-corrected chi connectivity index (χ2v) is 11.1. The second-order valence-electron chi connectivity index (χ2n) is 10.7. The van der Waals surface area contributed by atoms with Crippen LogP contribution in [0.5, 0.6) is 0 Å². The van der Waals surface area contributed by atoms with E-state index in [1.54, 1.807) is 38.1 Å². The molecule has 1 aromatic heterocycles. The number of piperidine rings is 1. The number of carbonyl (C=O) groups is 1. The van der Waals surface area contributed by atoms with Gasteiger partial charge in [0.15, 0.2) is 0 Å². The molecule has 2 aliphatic rings. The first kappa shape index (κ1) is 28.8. The fourth-order valence-corrected chi connectivity index (χ4v) is 5.84. The highest BCUT2D eigenvalue weighted by molar-refractivity contribution is 6.32. The Kier molecular flexibility index (Phi) is 10.4. The molecule has 38 heavy (non-hydrogen) atoms. The number of halogens is 1. The second kappa shape index (κ2) is 13.7. The minimum Gasteiger partial charge on any atom is -0.385 e. The van der Waals surface area contributed by atoms with Gasteiger partial charge < -0.3 is 24.3 Å². The van der Waals surface area contributed by atoms with Gasteiger partial charge in [0.2, 0.25) is 5.91 Å². The highest BCUT2D eigenvalue weighted by Gasteiger charge is 2.40. The minimum atomic E-state index is -0.207. The number of pyridine rings is 1. The van der Waals surface area contributed by atoms with Crippen LogP contribution in [0.3, 0.4) is 0 Å². The third kappa shape index (κ3) is 7.26. The fraction of sp³-hybridized carbons (Fsp3) is 0.600. The van der Waals surface area contributed by atoms with Crippen molar-refractivity contribution in [3.8, 4) is 0 Å². The number of carbonyl (C=O) groups excluding carboxylic acids is 1. The average molecular weight is 544 g/mol. The third-order valence-electron chi connectivity index (χ3n) is 7.86. The van der Waals surface area contributed by atoms with E-state index in [0.717, 1.165) is 73.2 Å². The van der Waals surface area contributed by atoms with Crippen molar-refractivity contribution in [3.05, 3.63) is 68.1 Å². The molecule has 2 fully saturated rings. The monoisotopic (exact) mass is 543 g/mol. The van der Waals surface area contributed by atoms with Crippen molar-refractivity contribution < 1.29 is 14.3 Å². The normalized spacial score (nSPS) is 19.5. The highest BCUT2D eigenvalue weighted by atomic mass is 35.5. The summed E-state index contributed by atoms with van der Waals surface area (Å²) in [6, 6.07) is 8.32. The quantitative estimate of drug-likeness (QED) is 0.385. The molecule has 0 radical (unpaired) electrons. The number of ether oxygens (including phenoxy) is 2. The molecule has 1 saturated carbocycles. The Labute approximate surface area is 231 Å². The van der Waals surface area contributed by atoms with Crippen LogP contribution in [-0.2, 0) is 40.7 Å². The molecular formula is C30H42ClN3O4. The van der Waals surface area contributed by atoms with Crippen LogP contribution < -0.4 is 10.9 Å². The maximum atomic E-state index is 14.1. The summed E-state index contributed by atoms with van der Waals surface area (Å²) in [5.41, 5.74) is 4.29. The first-order valence-electron chi connectivity index (χ1n) is 13.9. The van der Waals surface area contributed by atoms with Crippen LogP contribution in [0.2, 0.25) is 5.02 Å². The van der Waals surface area contributed by atoms with E-state index < -0.39 is 0 Å². The van der Waals surface area contributed by atoms with Crippen LogP contribution in [0.4, 0.5) is 0 Å². The highest BCUT2D eigenvalue weighted by Crippen LogP contribution is 2.37. The van der Waals surface area contributed by atoms with Gasteiger partial charge in [0.1, 0.15) is 0 Å². The van der Waals surface area contributed by atoms with E-state index in [9.17, 15) is 9.59 Å². The molecule has 2 unspecified atom stereocenters. The van der Waals surface area contributed by atoms with Crippen LogP contribution in [0.15, 0.2) is 35.3 Å². The van der Waals surface area contributed by atoms with Crippen LogP contribution >= 0.6 is 11.6 Å². The molecule has 0 bridgehead atoms. The topological polar surface area (TPSA) is 72.8 Å². The molecule has 7 nitrogen and oxygen atoms in total. The minimum absolute atomic E-state index is 0.0272. The lowest BCUT2D eigenvalue weighted by atomic mass is 9.80. The van der Waals surface area contributed by atoms with Crippen molar-refractivity contribution in [1.29, 1.82) is 0 Å². The number of nitrogens with one attached hydrogen (secondary N) is 1. The molecule has 2 atom stereocenters. The SMILES string of the molecule is COCCCc1cc(CCCOC)c(Cl)c(CN(C(=O)C2CNCCC2c2ccn(C)c(=O)c2)C2CC2)c1. The Bertz CT molecular complexity index is 1150. The average Bonchev–Trinajstić information content (AvgIpc) is 3.76. The molecular weight excluding hydrogens is 502 g/mol. The largest absolute Gasteiger partial charge is 0.385 e. The number of hydrogen-bond donors (Lipinski definition) is 1. The molecule has 2 heterocycles. The molecule has 4 rings (SSSR count). The van der Waals surface area contributed by atoms with Crippen molar-refractivity contribution >= 4 is 17.5 Å². The number of hydrogen-bond acceptors (Lipinski definition) is 5. The maximum absolute atomic E-state index is 14.1. The Balaban J connectivity index is 1.59. The molecule has 1 aliphatic heterocycles. The van der Waals surface area contributed by atoms with E-state index >= 15 is 0 Å². The van der Waals surface area contributed by atoms with E-state index in [1.807, 2.05) is 6.07 Å². The third-order valence-corrected chi connectivity index (χ3v) is 8.34. The van der Waals surface area contributed by atoms with E-state index in [1.165, 1.54) is 5.56 Å². The van der Waals surface area contributed by atoms with Crippen molar-refractivity contribution in [2.24, 2.45) is 13.0 Å². The molecule has 1 aliphatic carbocycles. The summed E-state index contributed by atoms with van der Waals surface area (Å²) in [5.74, 6) is -0.0205. The molecule has 0 spiro atoms. The standard InChI is InChI=1S/C30H42ClN3O4/c1-33-13-11-22(18-28(33)35)26-10-12-32-19-27(26)30(36)34(25-8-9-25)20-24-17-21(6-4-14-37-2)16-23(29(24)31)7-5-15-38-3/h11,13,16-18,25-27,32H,4-10,12,14-15,19-20H2,1-3H3. The summed E-state index contributed by atoms with van der Waals surface area (Å²) in [7, 11) is 5.19. The first-order valence-corrected chi connectivity index (χ1v) is 14.3. The van der Waals surface area contributed by atoms with Gasteiger partial charge in [-0.15, -0.1) is 0 Å². The van der Waals surface area contributed by atoms with E-state index in [2.05, 4.69) is 22.3 Å². The van der Waals surface area contributed by atoms with Gasteiger partial charge in [-0.2, -0.15) is 0 Å². The Hall–Kier alpha value is -2.19. The van der Waals surface area contributed by atoms with Gasteiger partial charge in [-0.05, 0) is 85.7 Å². The number of methoxy groups -OCH3 is 2. The Morgan fingerprint density at radius 2 is 1.79 bits per heavy atom. The molecule has 2 aromatic rings. The summed E-state index contributed by atoms with van der Waals surface area (Å²) < 4.78 is 12.1. The lowest BCUT2D eigenvalue weighted by Crippen LogP contribution is -2.47. The zero-order valence-corrected chi connectivity index (χ0v) is 23.8. The summed E-state index contributed by atoms with van der Waals surface area (Å²) in [5, 5.41) is 4.19. The van der Waals surface area contributed by atoms with Crippen molar-refractivity contribution in [3.63, 3.8) is 0 Å². The van der Waals surface area contributed by atoms with Crippen LogP contribution in [0, 0.1) is 5.92 Å². The maximum Gasteiger partial charge on any atom is 0.250 e. The Morgan fingerprint density at radius 3 is 2.47 bits per heavy atom. The molecule has 1 N–H and O–H groups in total. The predicted octanol–water partition coefficient (Wildman–Crippen LogP) is 4.08. The van der Waals surface area contributed by atoms with Crippen molar-refractivity contribution in [1.82, 2.24) is 14.8 Å². The molecule has 208 valence electrons. The summed E-state index contributed by atoms with van der Waals surface area (Å²) >= 11 is 6.98. The van der Waals surface area contributed by atoms with Gasteiger partial charge in [-0.1, -0.05) is 23.7 Å².